The molecule has 2 aromatic heterocycles. The second-order valence-corrected chi connectivity index (χ2v) is 6.51. The molecule has 7 nitrogen and oxygen atoms in total. The van der Waals surface area contributed by atoms with Crippen LogP contribution in [0.4, 0.5) is 0 Å². The second kappa shape index (κ2) is 6.68. The lowest BCUT2D eigenvalue weighted by Gasteiger charge is -2.35. The predicted molar refractivity (Wildman–Crippen MR) is 99.2 cm³/mol. The fourth-order valence-corrected chi connectivity index (χ4v) is 3.61. The zero-order valence-corrected chi connectivity index (χ0v) is 14.9. The van der Waals surface area contributed by atoms with Gasteiger partial charge in [-0.15, -0.1) is 0 Å². The van der Waals surface area contributed by atoms with E-state index >= 15 is 0 Å². The summed E-state index contributed by atoms with van der Waals surface area (Å²) >= 11 is 0. The van der Waals surface area contributed by atoms with Gasteiger partial charge in [-0.1, -0.05) is 24.3 Å². The number of fused-ring (bicyclic) bond motifs is 1. The van der Waals surface area contributed by atoms with E-state index in [1.165, 1.54) is 6.20 Å². The van der Waals surface area contributed by atoms with Crippen LogP contribution in [0.2, 0.25) is 0 Å². The van der Waals surface area contributed by atoms with Crippen LogP contribution < -0.4 is 5.73 Å². The van der Waals surface area contributed by atoms with Crippen molar-refractivity contribution in [3.05, 3.63) is 77.4 Å². The third-order valence-corrected chi connectivity index (χ3v) is 4.96. The molecule has 3 heterocycles. The van der Waals surface area contributed by atoms with Gasteiger partial charge in [0.15, 0.2) is 0 Å². The van der Waals surface area contributed by atoms with Crippen LogP contribution in [-0.2, 0) is 11.2 Å². The lowest BCUT2D eigenvalue weighted by atomic mass is 9.91. The Labute approximate surface area is 156 Å². The van der Waals surface area contributed by atoms with Crippen LogP contribution in [0, 0.1) is 6.92 Å². The molecule has 1 aliphatic rings. The van der Waals surface area contributed by atoms with E-state index in [9.17, 15) is 9.59 Å². The molecule has 27 heavy (non-hydrogen) atoms. The minimum absolute atomic E-state index is 0.244. The van der Waals surface area contributed by atoms with Gasteiger partial charge in [-0.3, -0.25) is 14.6 Å². The van der Waals surface area contributed by atoms with Crippen molar-refractivity contribution in [2.75, 3.05) is 6.54 Å². The summed E-state index contributed by atoms with van der Waals surface area (Å²) in [7, 11) is 0. The number of rotatable bonds is 3. The van der Waals surface area contributed by atoms with Crippen molar-refractivity contribution < 1.29 is 9.59 Å². The molecule has 0 fully saturated rings. The number of pyridine rings is 1. The SMILES string of the molecule is Cc1c(C(=O)N2CCc3ccccc3C2C(N)=O)cnn1-c1ccncc1. The summed E-state index contributed by atoms with van der Waals surface area (Å²) in [6.45, 7) is 2.27. The normalized spacial score (nSPS) is 16.0. The molecule has 1 aliphatic heterocycles. The Morgan fingerprint density at radius 1 is 1.15 bits per heavy atom. The van der Waals surface area contributed by atoms with E-state index in [4.69, 9.17) is 5.73 Å². The minimum Gasteiger partial charge on any atom is -0.368 e. The highest BCUT2D eigenvalue weighted by Crippen LogP contribution is 2.31. The number of primary amides is 1. The Morgan fingerprint density at radius 3 is 2.63 bits per heavy atom. The largest absolute Gasteiger partial charge is 0.368 e. The number of nitrogens with zero attached hydrogens (tertiary/aromatic N) is 4. The van der Waals surface area contributed by atoms with Crippen LogP contribution in [-0.4, -0.2) is 38.0 Å². The molecule has 0 spiro atoms. The molecule has 136 valence electrons. The van der Waals surface area contributed by atoms with Gasteiger partial charge in [-0.25, -0.2) is 4.68 Å². The van der Waals surface area contributed by atoms with Crippen molar-refractivity contribution in [2.45, 2.75) is 19.4 Å². The summed E-state index contributed by atoms with van der Waals surface area (Å²) in [5.41, 5.74) is 9.48. The molecule has 4 rings (SSSR count). The zero-order valence-electron chi connectivity index (χ0n) is 14.9. The second-order valence-electron chi connectivity index (χ2n) is 6.51. The highest BCUT2D eigenvalue weighted by Gasteiger charge is 2.36. The van der Waals surface area contributed by atoms with Crippen LogP contribution in [0.1, 0.15) is 33.2 Å². The number of nitrogens with two attached hydrogens (primary N) is 1. The molecular weight excluding hydrogens is 342 g/mol. The smallest absolute Gasteiger partial charge is 0.258 e. The molecule has 0 bridgehead atoms. The van der Waals surface area contributed by atoms with Gasteiger partial charge in [-0.05, 0) is 36.6 Å². The lowest BCUT2D eigenvalue weighted by Crippen LogP contribution is -2.45. The maximum absolute atomic E-state index is 13.2. The van der Waals surface area contributed by atoms with Crippen LogP contribution in [0.3, 0.4) is 0 Å². The summed E-state index contributed by atoms with van der Waals surface area (Å²) in [6.07, 6.45) is 5.56. The van der Waals surface area contributed by atoms with E-state index in [-0.39, 0.29) is 5.91 Å². The van der Waals surface area contributed by atoms with Crippen molar-refractivity contribution in [3.63, 3.8) is 0 Å². The lowest BCUT2D eigenvalue weighted by molar-refractivity contribution is -0.123. The standard InChI is InChI=1S/C20H19N5O2/c1-13-17(12-23-25(13)15-6-9-22-10-7-15)20(27)24-11-8-14-4-2-3-5-16(14)18(24)19(21)26/h2-7,9-10,12,18H,8,11H2,1H3,(H2,21,26). The number of benzene rings is 1. The first kappa shape index (κ1) is 17.0. The Kier molecular flexibility index (Phi) is 4.19. The predicted octanol–water partition coefficient (Wildman–Crippen LogP) is 1.80. The Bertz CT molecular complexity index is 1010. The molecule has 0 saturated carbocycles. The number of hydrogen-bond acceptors (Lipinski definition) is 4. The molecule has 7 heteroatoms. The topological polar surface area (TPSA) is 94.1 Å². The van der Waals surface area contributed by atoms with E-state index in [0.717, 1.165) is 16.8 Å². The van der Waals surface area contributed by atoms with Gasteiger partial charge < -0.3 is 10.6 Å². The zero-order chi connectivity index (χ0) is 19.0. The van der Waals surface area contributed by atoms with E-state index in [1.54, 1.807) is 22.0 Å². The molecule has 0 saturated heterocycles. The summed E-state index contributed by atoms with van der Waals surface area (Å²) < 4.78 is 1.69. The highest BCUT2D eigenvalue weighted by molar-refractivity contribution is 5.98. The molecular formula is C20H19N5O2. The third kappa shape index (κ3) is 2.87. The first-order chi connectivity index (χ1) is 13.1. The Hall–Kier alpha value is -3.48. The quantitative estimate of drug-likeness (QED) is 0.770. The highest BCUT2D eigenvalue weighted by atomic mass is 16.2. The van der Waals surface area contributed by atoms with Crippen LogP contribution in [0.5, 0.6) is 0 Å². The fourth-order valence-electron chi connectivity index (χ4n) is 3.61. The van der Waals surface area contributed by atoms with Gasteiger partial charge in [0.2, 0.25) is 5.91 Å². The van der Waals surface area contributed by atoms with E-state index < -0.39 is 11.9 Å². The van der Waals surface area contributed by atoms with Gasteiger partial charge in [0.25, 0.3) is 5.91 Å². The van der Waals surface area contributed by atoms with E-state index in [0.29, 0.717) is 24.2 Å². The van der Waals surface area contributed by atoms with Crippen molar-refractivity contribution >= 4 is 11.8 Å². The molecule has 1 unspecified atom stereocenters. The maximum atomic E-state index is 13.2. The first-order valence-electron chi connectivity index (χ1n) is 8.71. The van der Waals surface area contributed by atoms with Crippen molar-refractivity contribution in [2.24, 2.45) is 5.73 Å². The molecule has 0 aliphatic carbocycles. The Balaban J connectivity index is 1.71. The Morgan fingerprint density at radius 2 is 1.89 bits per heavy atom. The number of aromatic nitrogens is 3. The first-order valence-corrected chi connectivity index (χ1v) is 8.71. The molecule has 2 N–H and O–H groups in total. The molecule has 1 atom stereocenters. The van der Waals surface area contributed by atoms with Crippen LogP contribution in [0.15, 0.2) is 55.0 Å². The summed E-state index contributed by atoms with van der Waals surface area (Å²) in [6, 6.07) is 10.5. The molecule has 0 radical (unpaired) electrons. The molecule has 2 amide bonds. The van der Waals surface area contributed by atoms with Crippen molar-refractivity contribution in [1.82, 2.24) is 19.7 Å². The number of amides is 2. The van der Waals surface area contributed by atoms with Crippen molar-refractivity contribution in [1.29, 1.82) is 0 Å². The molecule has 1 aromatic carbocycles. The van der Waals surface area contributed by atoms with Gasteiger partial charge in [-0.2, -0.15) is 5.10 Å². The summed E-state index contributed by atoms with van der Waals surface area (Å²) in [5.74, 6) is -0.777. The summed E-state index contributed by atoms with van der Waals surface area (Å²) in [5, 5.41) is 4.34. The number of hydrogen-bond donors (Lipinski definition) is 1. The van der Waals surface area contributed by atoms with Gasteiger partial charge in [0, 0.05) is 18.9 Å². The van der Waals surface area contributed by atoms with Crippen molar-refractivity contribution in [3.8, 4) is 5.69 Å². The maximum Gasteiger partial charge on any atom is 0.258 e. The van der Waals surface area contributed by atoms with E-state index in [2.05, 4.69) is 10.1 Å². The van der Waals surface area contributed by atoms with Gasteiger partial charge >= 0.3 is 0 Å². The minimum atomic E-state index is -0.772. The number of carbonyl (C=O) groups is 2. The summed E-state index contributed by atoms with van der Waals surface area (Å²) in [4.78, 5) is 31.0. The number of carbonyl (C=O) groups excluding carboxylic acids is 2. The van der Waals surface area contributed by atoms with Crippen LogP contribution in [0.25, 0.3) is 5.69 Å². The molecule has 3 aromatic rings. The van der Waals surface area contributed by atoms with E-state index in [1.807, 2.05) is 43.3 Å². The average Bonchev–Trinajstić information content (AvgIpc) is 3.08. The monoisotopic (exact) mass is 361 g/mol. The average molecular weight is 361 g/mol. The fraction of sp³-hybridized carbons (Fsp3) is 0.200. The van der Waals surface area contributed by atoms with Crippen LogP contribution >= 0.6 is 0 Å². The third-order valence-electron chi connectivity index (χ3n) is 4.96. The van der Waals surface area contributed by atoms with Gasteiger partial charge in [0.05, 0.1) is 23.1 Å². The van der Waals surface area contributed by atoms with Gasteiger partial charge in [0.1, 0.15) is 6.04 Å².